The normalized spacial score (nSPS) is 11.8. The van der Waals surface area contributed by atoms with E-state index in [4.69, 9.17) is 0 Å². The maximum Gasteiger partial charge on any atom is 0.176 e. The smallest absolute Gasteiger partial charge is 0.176 e. The molecule has 0 saturated carbocycles. The van der Waals surface area contributed by atoms with Crippen molar-refractivity contribution in [3.8, 4) is 5.75 Å². The van der Waals surface area contributed by atoms with Crippen molar-refractivity contribution >= 4 is 21.7 Å². The fraction of sp³-hybridized carbons (Fsp3) is 0.0714. The second kappa shape index (κ2) is 5.24. The summed E-state index contributed by atoms with van der Waals surface area (Å²) in [6.07, 6.45) is 2.59. The van der Waals surface area contributed by atoms with E-state index in [1.165, 1.54) is 18.3 Å². The van der Waals surface area contributed by atoms with Gasteiger partial charge in [0.05, 0.1) is 4.90 Å². The van der Waals surface area contributed by atoms with Gasteiger partial charge in [0.1, 0.15) is 11.4 Å². The minimum atomic E-state index is -3.30. The number of para-hydroxylation sites is 2. The van der Waals surface area contributed by atoms with Crippen LogP contribution in [-0.2, 0) is 9.84 Å². The number of aliphatic imine (C=N–C) groups is 1. The maximum absolute atomic E-state index is 11.6. The molecular weight excluding hydrogens is 262 g/mol. The number of phenols is 1. The Morgan fingerprint density at radius 3 is 2.37 bits per heavy atom. The first kappa shape index (κ1) is 13.3. The van der Waals surface area contributed by atoms with Gasteiger partial charge in [-0.05, 0) is 18.2 Å². The van der Waals surface area contributed by atoms with Crippen LogP contribution in [0.15, 0.2) is 58.4 Å². The van der Waals surface area contributed by atoms with Gasteiger partial charge >= 0.3 is 0 Å². The molecule has 0 aliphatic rings. The molecule has 2 aromatic rings. The molecule has 2 aromatic carbocycles. The number of rotatable bonds is 3. The largest absolute Gasteiger partial charge is 0.506 e. The van der Waals surface area contributed by atoms with Gasteiger partial charge in [0.2, 0.25) is 0 Å². The zero-order valence-electron chi connectivity index (χ0n) is 10.3. The second-order valence-corrected chi connectivity index (χ2v) is 6.04. The van der Waals surface area contributed by atoms with Crippen LogP contribution in [0.2, 0.25) is 0 Å². The predicted molar refractivity (Wildman–Crippen MR) is 74.9 cm³/mol. The van der Waals surface area contributed by atoms with Gasteiger partial charge < -0.3 is 5.11 Å². The molecule has 98 valence electrons. The summed E-state index contributed by atoms with van der Waals surface area (Å²) in [6.45, 7) is 0. The van der Waals surface area contributed by atoms with Crippen molar-refractivity contribution in [2.24, 2.45) is 4.99 Å². The van der Waals surface area contributed by atoms with Crippen molar-refractivity contribution in [2.45, 2.75) is 4.90 Å². The number of sulfone groups is 1. The topological polar surface area (TPSA) is 66.7 Å². The average Bonchev–Trinajstić information content (AvgIpc) is 2.37. The summed E-state index contributed by atoms with van der Waals surface area (Å²) < 4.78 is 23.2. The summed E-state index contributed by atoms with van der Waals surface area (Å²) >= 11 is 0. The summed E-state index contributed by atoms with van der Waals surface area (Å²) in [6, 6.07) is 13.2. The Bertz CT molecular complexity index is 721. The van der Waals surface area contributed by atoms with Gasteiger partial charge in [-0.1, -0.05) is 30.3 Å². The maximum atomic E-state index is 11.6. The van der Waals surface area contributed by atoms with Crippen LogP contribution in [0.25, 0.3) is 0 Å². The van der Waals surface area contributed by atoms with Crippen LogP contribution in [0.3, 0.4) is 0 Å². The number of phenolic OH excluding ortho intramolecular Hbond substituents is 1. The molecule has 0 spiro atoms. The van der Waals surface area contributed by atoms with Crippen LogP contribution >= 0.6 is 0 Å². The van der Waals surface area contributed by atoms with Crippen molar-refractivity contribution in [3.63, 3.8) is 0 Å². The van der Waals surface area contributed by atoms with E-state index in [0.717, 1.165) is 6.26 Å². The van der Waals surface area contributed by atoms with Crippen molar-refractivity contribution < 1.29 is 13.5 Å². The number of aromatic hydroxyl groups is 1. The van der Waals surface area contributed by atoms with Crippen LogP contribution < -0.4 is 0 Å². The molecule has 0 radical (unpaired) electrons. The molecule has 0 fully saturated rings. The molecule has 0 unspecified atom stereocenters. The third-order valence-corrected chi connectivity index (χ3v) is 3.71. The Balaban J connectivity index is 2.43. The second-order valence-electron chi connectivity index (χ2n) is 4.06. The fourth-order valence-electron chi connectivity index (χ4n) is 1.64. The molecule has 0 amide bonds. The predicted octanol–water partition coefficient (Wildman–Crippen LogP) is 2.55. The standard InChI is InChI=1S/C14H13NO3S/c1-19(17,18)14-9-5-2-6-11(14)10-15-12-7-3-4-8-13(12)16/h2-10,16H,1H3. The molecule has 0 aliphatic carbocycles. The van der Waals surface area contributed by atoms with Crippen LogP contribution in [0.5, 0.6) is 5.75 Å². The highest BCUT2D eigenvalue weighted by Gasteiger charge is 2.10. The highest BCUT2D eigenvalue weighted by molar-refractivity contribution is 7.90. The molecule has 0 atom stereocenters. The van der Waals surface area contributed by atoms with Gasteiger partial charge in [-0.25, -0.2) is 8.42 Å². The summed E-state index contributed by atoms with van der Waals surface area (Å²) in [4.78, 5) is 4.33. The minimum Gasteiger partial charge on any atom is -0.506 e. The van der Waals surface area contributed by atoms with Crippen molar-refractivity contribution in [1.82, 2.24) is 0 Å². The molecule has 1 N–H and O–H groups in total. The van der Waals surface area contributed by atoms with Crippen molar-refractivity contribution in [1.29, 1.82) is 0 Å². The molecule has 0 aromatic heterocycles. The number of hydrogen-bond donors (Lipinski definition) is 1. The van der Waals surface area contributed by atoms with E-state index in [1.54, 1.807) is 36.4 Å². The SMILES string of the molecule is CS(=O)(=O)c1ccccc1C=Nc1ccccc1O. The van der Waals surface area contributed by atoms with Crippen LogP contribution in [0, 0.1) is 0 Å². The number of benzene rings is 2. The van der Waals surface area contributed by atoms with E-state index < -0.39 is 9.84 Å². The van der Waals surface area contributed by atoms with Crippen molar-refractivity contribution in [3.05, 3.63) is 54.1 Å². The molecule has 19 heavy (non-hydrogen) atoms. The molecule has 0 heterocycles. The van der Waals surface area contributed by atoms with Crippen LogP contribution in [0.4, 0.5) is 5.69 Å². The molecular formula is C14H13NO3S. The lowest BCUT2D eigenvalue weighted by Crippen LogP contribution is -2.01. The minimum absolute atomic E-state index is 0.0515. The Morgan fingerprint density at radius 1 is 1.05 bits per heavy atom. The molecule has 2 rings (SSSR count). The fourth-order valence-corrected chi connectivity index (χ4v) is 2.51. The lowest BCUT2D eigenvalue weighted by atomic mass is 10.2. The first-order chi connectivity index (χ1) is 8.98. The van der Waals surface area contributed by atoms with E-state index in [-0.39, 0.29) is 10.6 Å². The summed E-state index contributed by atoms with van der Waals surface area (Å²) in [5.74, 6) is 0.0515. The van der Waals surface area contributed by atoms with E-state index in [1.807, 2.05) is 0 Å². The third kappa shape index (κ3) is 3.20. The average molecular weight is 275 g/mol. The Labute approximate surface area is 112 Å². The van der Waals surface area contributed by atoms with E-state index in [9.17, 15) is 13.5 Å². The van der Waals surface area contributed by atoms with Crippen LogP contribution in [-0.4, -0.2) is 26.0 Å². The van der Waals surface area contributed by atoms with Gasteiger partial charge in [-0.2, -0.15) is 0 Å². The first-order valence-corrected chi connectivity index (χ1v) is 7.49. The third-order valence-electron chi connectivity index (χ3n) is 2.54. The Kier molecular flexibility index (Phi) is 3.66. The number of nitrogens with zero attached hydrogens (tertiary/aromatic N) is 1. The highest BCUT2D eigenvalue weighted by Crippen LogP contribution is 2.25. The number of hydrogen-bond acceptors (Lipinski definition) is 4. The van der Waals surface area contributed by atoms with Gasteiger partial charge in [-0.15, -0.1) is 0 Å². The molecule has 5 heteroatoms. The summed E-state index contributed by atoms with van der Waals surface area (Å²) in [5, 5.41) is 9.59. The lowest BCUT2D eigenvalue weighted by molar-refractivity contribution is 0.477. The van der Waals surface area contributed by atoms with Crippen LogP contribution in [0.1, 0.15) is 5.56 Å². The van der Waals surface area contributed by atoms with Crippen molar-refractivity contribution in [2.75, 3.05) is 6.26 Å². The summed E-state index contributed by atoms with van der Waals surface area (Å²) in [7, 11) is -3.30. The van der Waals surface area contributed by atoms with E-state index >= 15 is 0 Å². The molecule has 0 aliphatic heterocycles. The van der Waals surface area contributed by atoms with Gasteiger partial charge in [0.15, 0.2) is 9.84 Å². The molecule has 4 nitrogen and oxygen atoms in total. The van der Waals surface area contributed by atoms with Gasteiger partial charge in [0, 0.05) is 18.0 Å². The molecule has 0 saturated heterocycles. The monoisotopic (exact) mass is 275 g/mol. The highest BCUT2D eigenvalue weighted by atomic mass is 32.2. The quantitative estimate of drug-likeness (QED) is 0.875. The Morgan fingerprint density at radius 2 is 1.68 bits per heavy atom. The van der Waals surface area contributed by atoms with E-state index in [2.05, 4.69) is 4.99 Å². The van der Waals surface area contributed by atoms with E-state index in [0.29, 0.717) is 11.3 Å². The zero-order chi connectivity index (χ0) is 13.9. The molecule has 0 bridgehead atoms. The summed E-state index contributed by atoms with van der Waals surface area (Å²) in [5.41, 5.74) is 0.888. The zero-order valence-corrected chi connectivity index (χ0v) is 11.1. The van der Waals surface area contributed by atoms with Gasteiger partial charge in [0.25, 0.3) is 0 Å². The van der Waals surface area contributed by atoms with Gasteiger partial charge in [-0.3, -0.25) is 4.99 Å². The Hall–Kier alpha value is -2.14. The first-order valence-electron chi connectivity index (χ1n) is 5.59. The lowest BCUT2D eigenvalue weighted by Gasteiger charge is -2.03.